The van der Waals surface area contributed by atoms with Crippen LogP contribution in [-0.4, -0.2) is 65.5 Å². The van der Waals surface area contributed by atoms with Crippen LogP contribution < -0.4 is 10.2 Å². The first-order valence-electron chi connectivity index (χ1n) is 11.5. The van der Waals surface area contributed by atoms with E-state index in [0.717, 1.165) is 21.6 Å². The molecule has 2 saturated heterocycles. The standard InChI is InChI=1S/C24H26FN5O3S/c1-15-20-21(17(14-26-23(20)34-28-15)24(32)30-10-12-33-13-11-30)29-8-6-16(7-9-29)22(31)27-19-5-3-2-4-18(19)25/h2-5,14,16H,6-13H2,1H3,(H,27,31). The van der Waals surface area contributed by atoms with E-state index in [9.17, 15) is 14.0 Å². The van der Waals surface area contributed by atoms with E-state index in [1.54, 1.807) is 29.3 Å². The number of aromatic nitrogens is 2. The Morgan fingerprint density at radius 1 is 1.15 bits per heavy atom. The van der Waals surface area contributed by atoms with E-state index in [-0.39, 0.29) is 23.4 Å². The smallest absolute Gasteiger partial charge is 0.257 e. The summed E-state index contributed by atoms with van der Waals surface area (Å²) in [6.07, 6.45) is 2.86. The normalized spacial score (nSPS) is 17.2. The second-order valence-corrected chi connectivity index (χ2v) is 9.36. The Kier molecular flexibility index (Phi) is 6.42. The predicted molar refractivity (Wildman–Crippen MR) is 129 cm³/mol. The van der Waals surface area contributed by atoms with Crippen molar-refractivity contribution < 1.29 is 18.7 Å². The van der Waals surface area contributed by atoms with Crippen LogP contribution >= 0.6 is 11.5 Å². The molecule has 3 aromatic rings. The number of fused-ring (bicyclic) bond motifs is 1. The Bertz CT molecular complexity index is 1220. The largest absolute Gasteiger partial charge is 0.378 e. The van der Waals surface area contributed by atoms with Crippen LogP contribution in [0.5, 0.6) is 0 Å². The van der Waals surface area contributed by atoms with Crippen LogP contribution in [0.2, 0.25) is 0 Å². The van der Waals surface area contributed by atoms with E-state index < -0.39 is 5.82 Å². The number of piperidine rings is 1. The van der Waals surface area contributed by atoms with E-state index in [0.29, 0.717) is 57.8 Å². The molecule has 2 aliphatic heterocycles. The van der Waals surface area contributed by atoms with E-state index >= 15 is 0 Å². The van der Waals surface area contributed by atoms with Crippen LogP contribution in [0.15, 0.2) is 30.5 Å². The number of aryl methyl sites for hydroxylation is 1. The molecule has 178 valence electrons. The first-order valence-corrected chi connectivity index (χ1v) is 12.2. The number of benzene rings is 1. The van der Waals surface area contributed by atoms with Gasteiger partial charge in [0.1, 0.15) is 10.6 Å². The number of hydrogen-bond donors (Lipinski definition) is 1. The van der Waals surface area contributed by atoms with Crippen LogP contribution in [0.3, 0.4) is 0 Å². The number of amides is 2. The third kappa shape index (κ3) is 4.35. The third-order valence-electron chi connectivity index (χ3n) is 6.49. The minimum atomic E-state index is -0.445. The highest BCUT2D eigenvalue weighted by molar-refractivity contribution is 7.13. The quantitative estimate of drug-likeness (QED) is 0.612. The number of carbonyl (C=O) groups excluding carboxylic acids is 2. The number of rotatable bonds is 4. The summed E-state index contributed by atoms with van der Waals surface area (Å²) in [6.45, 7) is 5.30. The summed E-state index contributed by atoms with van der Waals surface area (Å²) in [4.78, 5) is 35.5. The van der Waals surface area contributed by atoms with Gasteiger partial charge < -0.3 is 19.9 Å². The van der Waals surface area contributed by atoms with Crippen LogP contribution in [-0.2, 0) is 9.53 Å². The summed E-state index contributed by atoms with van der Waals surface area (Å²) in [6, 6.07) is 6.18. The van der Waals surface area contributed by atoms with Crippen LogP contribution in [0, 0.1) is 18.7 Å². The summed E-state index contributed by atoms with van der Waals surface area (Å²) in [7, 11) is 0. The Labute approximate surface area is 200 Å². The van der Waals surface area contributed by atoms with Gasteiger partial charge in [0.2, 0.25) is 5.91 Å². The number of nitrogens with zero attached hydrogens (tertiary/aromatic N) is 4. The Hall–Kier alpha value is -3.11. The van der Waals surface area contributed by atoms with Crippen molar-refractivity contribution in [2.24, 2.45) is 5.92 Å². The van der Waals surface area contributed by atoms with Crippen molar-refractivity contribution >= 4 is 44.9 Å². The molecule has 0 saturated carbocycles. The number of carbonyl (C=O) groups is 2. The van der Waals surface area contributed by atoms with Crippen molar-refractivity contribution in [3.05, 3.63) is 47.5 Å². The highest BCUT2D eigenvalue weighted by Crippen LogP contribution is 2.37. The number of nitrogens with one attached hydrogen (secondary N) is 1. The second kappa shape index (κ2) is 9.63. The fraction of sp³-hybridized carbons (Fsp3) is 0.417. The van der Waals surface area contributed by atoms with Gasteiger partial charge in [0.25, 0.3) is 5.91 Å². The highest BCUT2D eigenvalue weighted by atomic mass is 32.1. The Morgan fingerprint density at radius 3 is 2.62 bits per heavy atom. The lowest BCUT2D eigenvalue weighted by Crippen LogP contribution is -2.42. The van der Waals surface area contributed by atoms with Crippen LogP contribution in [0.25, 0.3) is 10.2 Å². The van der Waals surface area contributed by atoms with Crippen molar-refractivity contribution in [3.8, 4) is 0 Å². The molecule has 0 aliphatic carbocycles. The third-order valence-corrected chi connectivity index (χ3v) is 7.34. The van der Waals surface area contributed by atoms with E-state index in [1.807, 2.05) is 6.92 Å². The van der Waals surface area contributed by atoms with Gasteiger partial charge in [-0.05, 0) is 43.4 Å². The van der Waals surface area contributed by atoms with Crippen molar-refractivity contribution in [2.45, 2.75) is 19.8 Å². The molecule has 2 aliphatic rings. The minimum absolute atomic E-state index is 0.0577. The average molecular weight is 484 g/mol. The van der Waals surface area contributed by atoms with Crippen molar-refractivity contribution in [1.82, 2.24) is 14.3 Å². The molecule has 5 rings (SSSR count). The van der Waals surface area contributed by atoms with Gasteiger partial charge in [0, 0.05) is 38.3 Å². The van der Waals surface area contributed by atoms with Gasteiger partial charge in [0.05, 0.1) is 41.2 Å². The van der Waals surface area contributed by atoms with E-state index in [2.05, 4.69) is 19.6 Å². The maximum atomic E-state index is 14.0. The zero-order valence-electron chi connectivity index (χ0n) is 18.9. The molecule has 10 heteroatoms. The molecule has 1 aromatic carbocycles. The van der Waals surface area contributed by atoms with Gasteiger partial charge in [-0.25, -0.2) is 9.37 Å². The van der Waals surface area contributed by atoms with Gasteiger partial charge >= 0.3 is 0 Å². The summed E-state index contributed by atoms with van der Waals surface area (Å²) >= 11 is 1.32. The number of para-hydroxylation sites is 1. The number of ether oxygens (including phenoxy) is 1. The molecule has 0 radical (unpaired) electrons. The first-order chi connectivity index (χ1) is 16.5. The number of anilines is 2. The molecule has 2 aromatic heterocycles. The zero-order chi connectivity index (χ0) is 23.7. The zero-order valence-corrected chi connectivity index (χ0v) is 19.7. The number of hydrogen-bond acceptors (Lipinski definition) is 7. The van der Waals surface area contributed by atoms with E-state index in [4.69, 9.17) is 4.74 Å². The van der Waals surface area contributed by atoms with E-state index in [1.165, 1.54) is 17.6 Å². The van der Waals surface area contributed by atoms with Crippen LogP contribution in [0.1, 0.15) is 28.9 Å². The molecular weight excluding hydrogens is 457 g/mol. The van der Waals surface area contributed by atoms with Gasteiger partial charge in [-0.15, -0.1) is 0 Å². The maximum Gasteiger partial charge on any atom is 0.257 e. The molecule has 4 heterocycles. The monoisotopic (exact) mass is 483 g/mol. The molecular formula is C24H26FN5O3S. The summed E-state index contributed by atoms with van der Waals surface area (Å²) in [5.74, 6) is -0.909. The molecule has 0 spiro atoms. The van der Waals surface area contributed by atoms with Gasteiger partial charge in [-0.3, -0.25) is 9.59 Å². The SMILES string of the molecule is Cc1nsc2ncc(C(=O)N3CCOCC3)c(N3CCC(C(=O)Nc4ccccc4F)CC3)c12. The lowest BCUT2D eigenvalue weighted by Gasteiger charge is -2.35. The first kappa shape index (κ1) is 22.7. The molecule has 0 bridgehead atoms. The maximum absolute atomic E-state index is 14.0. The highest BCUT2D eigenvalue weighted by Gasteiger charge is 2.31. The van der Waals surface area contributed by atoms with Crippen molar-refractivity contribution in [3.63, 3.8) is 0 Å². The fourth-order valence-corrected chi connectivity index (χ4v) is 5.37. The predicted octanol–water partition coefficient (Wildman–Crippen LogP) is 3.47. The number of pyridine rings is 1. The molecule has 2 fully saturated rings. The lowest BCUT2D eigenvalue weighted by molar-refractivity contribution is -0.120. The molecule has 34 heavy (non-hydrogen) atoms. The molecule has 0 unspecified atom stereocenters. The van der Waals surface area contributed by atoms with Gasteiger partial charge in [-0.1, -0.05) is 12.1 Å². The van der Waals surface area contributed by atoms with Gasteiger partial charge in [-0.2, -0.15) is 4.37 Å². The van der Waals surface area contributed by atoms with Crippen LogP contribution in [0.4, 0.5) is 15.8 Å². The molecule has 1 N–H and O–H groups in total. The van der Waals surface area contributed by atoms with Gasteiger partial charge in [0.15, 0.2) is 0 Å². The second-order valence-electron chi connectivity index (χ2n) is 8.60. The lowest BCUT2D eigenvalue weighted by atomic mass is 9.94. The minimum Gasteiger partial charge on any atom is -0.378 e. The fourth-order valence-electron chi connectivity index (χ4n) is 4.62. The molecule has 8 nitrogen and oxygen atoms in total. The Balaban J connectivity index is 1.38. The Morgan fingerprint density at radius 2 is 1.88 bits per heavy atom. The molecule has 0 atom stereocenters. The van der Waals surface area contributed by atoms with Crippen molar-refractivity contribution in [2.75, 3.05) is 49.6 Å². The van der Waals surface area contributed by atoms with Crippen molar-refractivity contribution in [1.29, 1.82) is 0 Å². The number of morpholine rings is 1. The topological polar surface area (TPSA) is 87.7 Å². The summed E-state index contributed by atoms with van der Waals surface area (Å²) in [5, 5.41) is 3.62. The number of halogens is 1. The summed E-state index contributed by atoms with van der Waals surface area (Å²) in [5.41, 5.74) is 2.45. The molecule has 2 amide bonds. The average Bonchev–Trinajstić information content (AvgIpc) is 3.26. The summed E-state index contributed by atoms with van der Waals surface area (Å²) < 4.78 is 23.8.